The second-order valence-corrected chi connectivity index (χ2v) is 4.79. The number of benzene rings is 1. The van der Waals surface area contributed by atoms with Gasteiger partial charge in [-0.3, -0.25) is 0 Å². The first-order valence-electron chi connectivity index (χ1n) is 5.01. The Hall–Kier alpha value is -1.04. The lowest BCUT2D eigenvalue weighted by atomic mass is 10.1. The smallest absolute Gasteiger partial charge is 0.122 e. The van der Waals surface area contributed by atoms with Gasteiger partial charge in [-0.25, -0.2) is 4.68 Å². The molecule has 0 atom stereocenters. The van der Waals surface area contributed by atoms with Crippen molar-refractivity contribution < 1.29 is 5.11 Å². The zero-order valence-electron chi connectivity index (χ0n) is 8.90. The van der Waals surface area contributed by atoms with Gasteiger partial charge in [0.15, 0.2) is 0 Å². The lowest BCUT2D eigenvalue weighted by molar-refractivity contribution is 0.270. The third-order valence-corrected chi connectivity index (χ3v) is 3.55. The zero-order valence-corrected chi connectivity index (χ0v) is 11.2. The van der Waals surface area contributed by atoms with E-state index in [2.05, 4.69) is 21.0 Å². The predicted molar refractivity (Wildman–Crippen MR) is 71.9 cm³/mol. The number of anilines is 1. The quantitative estimate of drug-likeness (QED) is 0.914. The molecule has 0 radical (unpaired) electrons. The van der Waals surface area contributed by atoms with Gasteiger partial charge in [0.05, 0.1) is 23.9 Å². The van der Waals surface area contributed by atoms with E-state index >= 15 is 0 Å². The van der Waals surface area contributed by atoms with Crippen LogP contribution in [-0.2, 0) is 6.54 Å². The van der Waals surface area contributed by atoms with Gasteiger partial charge >= 0.3 is 0 Å². The topological polar surface area (TPSA) is 64.1 Å². The van der Waals surface area contributed by atoms with Gasteiger partial charge in [-0.15, -0.1) is 0 Å². The number of aliphatic hydroxyl groups excluding tert-OH is 1. The van der Waals surface area contributed by atoms with Gasteiger partial charge in [0, 0.05) is 16.1 Å². The van der Waals surface area contributed by atoms with Crippen molar-refractivity contribution in [1.29, 1.82) is 0 Å². The molecule has 0 saturated heterocycles. The Morgan fingerprint density at radius 1 is 1.41 bits per heavy atom. The van der Waals surface area contributed by atoms with E-state index in [4.69, 9.17) is 22.4 Å². The van der Waals surface area contributed by atoms with Gasteiger partial charge in [0.2, 0.25) is 0 Å². The molecule has 0 amide bonds. The maximum atomic E-state index is 8.86. The second-order valence-electron chi connectivity index (χ2n) is 3.53. The molecule has 0 aliphatic rings. The molecule has 1 heterocycles. The summed E-state index contributed by atoms with van der Waals surface area (Å²) in [6.45, 7) is 0.399. The highest BCUT2D eigenvalue weighted by atomic mass is 79.9. The lowest BCUT2D eigenvalue weighted by Crippen LogP contribution is -2.07. The highest BCUT2D eigenvalue weighted by molar-refractivity contribution is 9.10. The van der Waals surface area contributed by atoms with Gasteiger partial charge in [-0.1, -0.05) is 17.7 Å². The van der Waals surface area contributed by atoms with Crippen LogP contribution in [0.2, 0.25) is 5.02 Å². The number of nitrogens with zero attached hydrogens (tertiary/aromatic N) is 2. The number of aliphatic hydroxyl groups is 1. The zero-order chi connectivity index (χ0) is 12.4. The number of hydrogen-bond acceptors (Lipinski definition) is 3. The van der Waals surface area contributed by atoms with Crippen LogP contribution in [0.15, 0.2) is 28.7 Å². The minimum absolute atomic E-state index is 0.00956. The lowest BCUT2D eigenvalue weighted by Gasteiger charge is -2.00. The summed E-state index contributed by atoms with van der Waals surface area (Å²) in [6, 6.07) is 7.32. The Balaban J connectivity index is 2.39. The van der Waals surface area contributed by atoms with Crippen molar-refractivity contribution in [2.75, 3.05) is 12.3 Å². The van der Waals surface area contributed by atoms with Crippen LogP contribution in [0.3, 0.4) is 0 Å². The monoisotopic (exact) mass is 315 g/mol. The molecule has 2 rings (SSSR count). The van der Waals surface area contributed by atoms with Crippen molar-refractivity contribution in [3.8, 4) is 11.3 Å². The maximum absolute atomic E-state index is 8.86. The van der Waals surface area contributed by atoms with Gasteiger partial charge in [0.25, 0.3) is 0 Å². The number of nitrogen functional groups attached to an aromatic ring is 1. The number of nitrogens with two attached hydrogens (primary N) is 1. The van der Waals surface area contributed by atoms with Crippen LogP contribution >= 0.6 is 27.5 Å². The largest absolute Gasteiger partial charge is 0.394 e. The van der Waals surface area contributed by atoms with E-state index in [9.17, 15) is 0 Å². The average molecular weight is 317 g/mol. The van der Waals surface area contributed by atoms with E-state index in [1.54, 1.807) is 16.8 Å². The van der Waals surface area contributed by atoms with Crippen LogP contribution in [-0.4, -0.2) is 21.5 Å². The Labute approximate surface area is 112 Å². The predicted octanol–water partition coefficient (Wildman–Crippen LogP) is 2.54. The van der Waals surface area contributed by atoms with E-state index in [-0.39, 0.29) is 6.61 Å². The van der Waals surface area contributed by atoms with Crippen molar-refractivity contribution in [3.63, 3.8) is 0 Å². The molecule has 1 aromatic heterocycles. The molecule has 0 spiro atoms. The van der Waals surface area contributed by atoms with E-state index in [1.807, 2.05) is 12.1 Å². The standard InChI is InChI=1S/C11H11BrClN3O/c12-8-5-7(1-2-9(8)13)10-6-11(14)16(15-10)3-4-17/h1-2,5-6,17H,3-4,14H2. The van der Waals surface area contributed by atoms with Gasteiger partial charge in [-0.2, -0.15) is 5.10 Å². The molecule has 0 aliphatic heterocycles. The van der Waals surface area contributed by atoms with Gasteiger partial charge in [0.1, 0.15) is 5.82 Å². The molecule has 4 nitrogen and oxygen atoms in total. The van der Waals surface area contributed by atoms with Crippen molar-refractivity contribution >= 4 is 33.3 Å². The molecule has 1 aromatic carbocycles. The minimum Gasteiger partial charge on any atom is -0.394 e. The average Bonchev–Trinajstić information content (AvgIpc) is 2.65. The van der Waals surface area contributed by atoms with E-state index in [1.165, 1.54) is 0 Å². The molecule has 3 N–H and O–H groups in total. The molecule has 17 heavy (non-hydrogen) atoms. The molecule has 0 saturated carbocycles. The fraction of sp³-hybridized carbons (Fsp3) is 0.182. The molecule has 0 aliphatic carbocycles. The summed E-state index contributed by atoms with van der Waals surface area (Å²) in [6.07, 6.45) is 0. The van der Waals surface area contributed by atoms with Crippen molar-refractivity contribution in [1.82, 2.24) is 9.78 Å². The third-order valence-electron chi connectivity index (χ3n) is 2.34. The van der Waals surface area contributed by atoms with Crippen molar-refractivity contribution in [3.05, 3.63) is 33.8 Å². The van der Waals surface area contributed by atoms with Crippen LogP contribution in [0.4, 0.5) is 5.82 Å². The van der Waals surface area contributed by atoms with E-state index in [0.29, 0.717) is 17.4 Å². The number of rotatable bonds is 3. The van der Waals surface area contributed by atoms with Gasteiger partial charge < -0.3 is 10.8 Å². The maximum Gasteiger partial charge on any atom is 0.122 e. The second kappa shape index (κ2) is 5.08. The Kier molecular flexibility index (Phi) is 3.71. The van der Waals surface area contributed by atoms with E-state index < -0.39 is 0 Å². The Morgan fingerprint density at radius 2 is 2.18 bits per heavy atom. The molecule has 6 heteroatoms. The number of halogens is 2. The molecule has 0 fully saturated rings. The number of hydrogen-bond donors (Lipinski definition) is 2. The molecule has 2 aromatic rings. The Bertz CT molecular complexity index is 542. The first-order chi connectivity index (χ1) is 8.11. The summed E-state index contributed by atoms with van der Waals surface area (Å²) >= 11 is 9.29. The third kappa shape index (κ3) is 2.62. The normalized spacial score (nSPS) is 10.8. The first-order valence-corrected chi connectivity index (χ1v) is 6.18. The summed E-state index contributed by atoms with van der Waals surface area (Å²) in [4.78, 5) is 0. The summed E-state index contributed by atoms with van der Waals surface area (Å²) in [5.41, 5.74) is 7.46. The molecule has 0 bridgehead atoms. The van der Waals surface area contributed by atoms with Crippen LogP contribution < -0.4 is 5.73 Å². The van der Waals surface area contributed by atoms with Crippen LogP contribution in [0.25, 0.3) is 11.3 Å². The fourth-order valence-corrected chi connectivity index (χ4v) is 2.00. The summed E-state index contributed by atoms with van der Waals surface area (Å²) < 4.78 is 2.38. The minimum atomic E-state index is 0.00956. The molecular weight excluding hydrogens is 305 g/mol. The van der Waals surface area contributed by atoms with Crippen molar-refractivity contribution in [2.24, 2.45) is 0 Å². The molecular formula is C11H11BrClN3O. The summed E-state index contributed by atoms with van der Waals surface area (Å²) in [7, 11) is 0. The van der Waals surface area contributed by atoms with Crippen LogP contribution in [0.5, 0.6) is 0 Å². The molecule has 90 valence electrons. The highest BCUT2D eigenvalue weighted by Gasteiger charge is 2.08. The van der Waals surface area contributed by atoms with Crippen LogP contribution in [0.1, 0.15) is 0 Å². The SMILES string of the molecule is Nc1cc(-c2ccc(Cl)c(Br)c2)nn1CCO. The summed E-state index contributed by atoms with van der Waals surface area (Å²) in [5, 5.41) is 13.8. The van der Waals surface area contributed by atoms with Gasteiger partial charge in [-0.05, 0) is 28.1 Å². The Morgan fingerprint density at radius 3 is 2.82 bits per heavy atom. The first kappa shape index (κ1) is 12.4. The molecule has 0 unspecified atom stereocenters. The van der Waals surface area contributed by atoms with E-state index in [0.717, 1.165) is 15.7 Å². The summed E-state index contributed by atoms with van der Waals surface area (Å²) in [5.74, 6) is 0.528. The van der Waals surface area contributed by atoms with Crippen LogP contribution in [0, 0.1) is 0 Å². The highest BCUT2D eigenvalue weighted by Crippen LogP contribution is 2.28. The van der Waals surface area contributed by atoms with Crippen molar-refractivity contribution in [2.45, 2.75) is 6.54 Å². The number of aromatic nitrogens is 2. The fourth-order valence-electron chi connectivity index (χ4n) is 1.50.